The van der Waals surface area contributed by atoms with Crippen molar-refractivity contribution in [2.75, 3.05) is 0 Å². The standard InChI is InChI=1S/C5H9.Li/c1-3-5-4-2;/h3,5H,1,4H2,2H3;/q-1;+1/b5-3+;. The van der Waals surface area contributed by atoms with E-state index in [1.807, 2.05) is 6.08 Å². The Balaban J connectivity index is 0. The van der Waals surface area contributed by atoms with Gasteiger partial charge < -0.3 is 0 Å². The second kappa shape index (κ2) is 8.96. The average Bonchev–Trinajstić information content (AvgIpc) is 1.41. The molecule has 0 aliphatic heterocycles. The first kappa shape index (κ1) is 9.51. The molecule has 0 unspecified atom stereocenters. The quantitative estimate of drug-likeness (QED) is 0.271. The van der Waals surface area contributed by atoms with Crippen LogP contribution in [0.15, 0.2) is 12.2 Å². The van der Waals surface area contributed by atoms with Gasteiger partial charge in [-0.15, -0.1) is 6.42 Å². The predicted molar refractivity (Wildman–Crippen MR) is 24.8 cm³/mol. The molecule has 1 heteroatoms. The van der Waals surface area contributed by atoms with Gasteiger partial charge in [-0.3, -0.25) is 0 Å². The van der Waals surface area contributed by atoms with Gasteiger partial charge in [0.2, 0.25) is 0 Å². The molecule has 0 saturated heterocycles. The molecule has 0 spiro atoms. The predicted octanol–water partition coefficient (Wildman–Crippen LogP) is -1.21. The van der Waals surface area contributed by atoms with Gasteiger partial charge in [-0.2, -0.15) is 0 Å². The van der Waals surface area contributed by atoms with Gasteiger partial charge in [-0.25, -0.2) is 19.1 Å². The van der Waals surface area contributed by atoms with Crippen LogP contribution in [0, 0.1) is 6.92 Å². The molecule has 0 saturated carbocycles. The van der Waals surface area contributed by atoms with E-state index in [-0.39, 0.29) is 18.9 Å². The summed E-state index contributed by atoms with van der Waals surface area (Å²) in [6, 6.07) is 0. The molecule has 0 bridgehead atoms. The van der Waals surface area contributed by atoms with Crippen molar-refractivity contribution >= 4 is 0 Å². The van der Waals surface area contributed by atoms with Crippen LogP contribution in [0.5, 0.6) is 0 Å². The summed E-state index contributed by atoms with van der Waals surface area (Å²) < 4.78 is 0. The molecule has 0 amide bonds. The smallest absolute Gasteiger partial charge is 0.245 e. The van der Waals surface area contributed by atoms with E-state index >= 15 is 0 Å². The van der Waals surface area contributed by atoms with E-state index in [4.69, 9.17) is 0 Å². The van der Waals surface area contributed by atoms with Gasteiger partial charge in [-0.1, -0.05) is 6.92 Å². The van der Waals surface area contributed by atoms with Gasteiger partial charge >= 0.3 is 18.9 Å². The van der Waals surface area contributed by atoms with E-state index in [9.17, 15) is 0 Å². The topological polar surface area (TPSA) is 0 Å². The fraction of sp³-hybridized carbons (Fsp3) is 0.400. The zero-order valence-corrected chi connectivity index (χ0v) is 4.57. The minimum Gasteiger partial charge on any atom is -0.245 e. The fourth-order valence-corrected chi connectivity index (χ4v) is 0.167. The Morgan fingerprint density at radius 1 is 1.67 bits per heavy atom. The maximum Gasteiger partial charge on any atom is 1.00 e. The molecular formula is C5H9Li. The number of hydrogen-bond acceptors (Lipinski definition) is 0. The maximum absolute atomic E-state index is 3.49. The van der Waals surface area contributed by atoms with Gasteiger partial charge in [0.25, 0.3) is 0 Å². The molecule has 0 aromatic carbocycles. The van der Waals surface area contributed by atoms with Gasteiger partial charge in [-0.05, 0) is 0 Å². The van der Waals surface area contributed by atoms with Crippen LogP contribution >= 0.6 is 0 Å². The molecule has 0 aliphatic rings. The molecule has 0 radical (unpaired) electrons. The van der Waals surface area contributed by atoms with E-state index in [1.54, 1.807) is 6.08 Å². The average molecular weight is 76.1 g/mol. The van der Waals surface area contributed by atoms with Gasteiger partial charge in [0, 0.05) is 0 Å². The zero-order chi connectivity index (χ0) is 4.12. The molecule has 6 heavy (non-hydrogen) atoms. The van der Waals surface area contributed by atoms with Crippen molar-refractivity contribution in [1.29, 1.82) is 0 Å². The molecule has 0 nitrogen and oxygen atoms in total. The van der Waals surface area contributed by atoms with E-state index in [1.165, 1.54) is 0 Å². The Bertz CT molecular complexity index is 30.9. The minimum atomic E-state index is 0. The Labute approximate surface area is 51.8 Å². The van der Waals surface area contributed by atoms with Crippen molar-refractivity contribution in [3.63, 3.8) is 0 Å². The second-order valence-corrected chi connectivity index (χ2v) is 0.880. The Kier molecular flexibility index (Phi) is 14.2. The van der Waals surface area contributed by atoms with Crippen molar-refractivity contribution in [2.45, 2.75) is 13.3 Å². The summed E-state index contributed by atoms with van der Waals surface area (Å²) in [7, 11) is 0. The molecule has 0 N–H and O–H groups in total. The van der Waals surface area contributed by atoms with Crippen molar-refractivity contribution < 1.29 is 18.9 Å². The van der Waals surface area contributed by atoms with Crippen LogP contribution in [0.4, 0.5) is 0 Å². The van der Waals surface area contributed by atoms with E-state index < -0.39 is 0 Å². The summed E-state index contributed by atoms with van der Waals surface area (Å²) in [6.45, 7) is 5.58. The molecule has 0 heterocycles. The monoisotopic (exact) mass is 76.1 g/mol. The first-order valence-electron chi connectivity index (χ1n) is 1.86. The third-order valence-corrected chi connectivity index (χ3v) is 0.402. The van der Waals surface area contributed by atoms with Crippen LogP contribution in [0.25, 0.3) is 0 Å². The molecule has 0 rings (SSSR count). The van der Waals surface area contributed by atoms with E-state index in [0.29, 0.717) is 0 Å². The van der Waals surface area contributed by atoms with Crippen LogP contribution in [-0.4, -0.2) is 0 Å². The molecule has 0 atom stereocenters. The summed E-state index contributed by atoms with van der Waals surface area (Å²) in [6.07, 6.45) is 4.92. The van der Waals surface area contributed by atoms with Crippen LogP contribution < -0.4 is 18.9 Å². The summed E-state index contributed by atoms with van der Waals surface area (Å²) in [5, 5.41) is 0. The van der Waals surface area contributed by atoms with Crippen molar-refractivity contribution in [1.82, 2.24) is 0 Å². The molecular weight excluding hydrogens is 67.0 g/mol. The first-order valence-corrected chi connectivity index (χ1v) is 1.86. The molecule has 30 valence electrons. The third kappa shape index (κ3) is 8.88. The number of hydrogen-bond donors (Lipinski definition) is 0. The molecule has 0 aromatic heterocycles. The van der Waals surface area contributed by atoms with Gasteiger partial charge in [0.05, 0.1) is 0 Å². The Hall–Kier alpha value is 0.207. The fourth-order valence-electron chi connectivity index (χ4n) is 0.167. The van der Waals surface area contributed by atoms with Crippen molar-refractivity contribution in [3.05, 3.63) is 19.1 Å². The summed E-state index contributed by atoms with van der Waals surface area (Å²) in [5.74, 6) is 0. The van der Waals surface area contributed by atoms with Crippen molar-refractivity contribution in [3.8, 4) is 0 Å². The van der Waals surface area contributed by atoms with Crippen LogP contribution in [0.3, 0.4) is 0 Å². The zero-order valence-electron chi connectivity index (χ0n) is 4.57. The third-order valence-electron chi connectivity index (χ3n) is 0.402. The SMILES string of the molecule is [CH2-]/C=C/CC.[Li+]. The summed E-state index contributed by atoms with van der Waals surface area (Å²) in [5.41, 5.74) is 0. The number of rotatable bonds is 1. The largest absolute Gasteiger partial charge is 1.00 e. The first-order chi connectivity index (χ1) is 2.41. The Morgan fingerprint density at radius 2 is 2.17 bits per heavy atom. The molecule has 0 aromatic rings. The molecule has 0 aliphatic carbocycles. The number of allylic oxidation sites excluding steroid dienone is 2. The Morgan fingerprint density at radius 3 is 2.17 bits per heavy atom. The van der Waals surface area contributed by atoms with Crippen LogP contribution in [-0.2, 0) is 0 Å². The summed E-state index contributed by atoms with van der Waals surface area (Å²) in [4.78, 5) is 0. The maximum atomic E-state index is 3.49. The van der Waals surface area contributed by atoms with Crippen LogP contribution in [0.2, 0.25) is 0 Å². The van der Waals surface area contributed by atoms with E-state index in [0.717, 1.165) is 6.42 Å². The van der Waals surface area contributed by atoms with Crippen molar-refractivity contribution in [2.24, 2.45) is 0 Å². The second-order valence-electron chi connectivity index (χ2n) is 0.880. The summed E-state index contributed by atoms with van der Waals surface area (Å²) >= 11 is 0. The van der Waals surface area contributed by atoms with Crippen LogP contribution in [0.1, 0.15) is 13.3 Å². The minimum absolute atomic E-state index is 0. The molecule has 0 fully saturated rings. The normalized spacial score (nSPS) is 8.17. The van der Waals surface area contributed by atoms with Gasteiger partial charge in [0.15, 0.2) is 0 Å². The van der Waals surface area contributed by atoms with Gasteiger partial charge in [0.1, 0.15) is 0 Å². The van der Waals surface area contributed by atoms with E-state index in [2.05, 4.69) is 13.8 Å².